The van der Waals surface area contributed by atoms with Gasteiger partial charge < -0.3 is 10.3 Å². The van der Waals surface area contributed by atoms with Gasteiger partial charge in [-0.3, -0.25) is 10.1 Å². The Morgan fingerprint density at radius 2 is 1.89 bits per heavy atom. The van der Waals surface area contributed by atoms with Crippen molar-refractivity contribution in [3.8, 4) is 0 Å². The first-order valence-corrected chi connectivity index (χ1v) is 5.81. The average Bonchev–Trinajstić information content (AvgIpc) is 2.37. The normalized spacial score (nSPS) is 17.4. The van der Waals surface area contributed by atoms with Gasteiger partial charge >= 0.3 is 0 Å². The molecule has 2 rings (SSSR count). The van der Waals surface area contributed by atoms with Crippen molar-refractivity contribution in [3.05, 3.63) is 33.9 Å². The number of anilines is 1. The second-order valence-corrected chi connectivity index (χ2v) is 4.41. The standard InChI is InChI=1S/C11H14F2N4O2/c1-15-4-6-16(7-5-15)14-11-9(17(18)19)3-2-8(12)10(11)13/h2-3,14H,4-7H2,1H3. The van der Waals surface area contributed by atoms with Crippen molar-refractivity contribution in [2.45, 2.75) is 0 Å². The van der Waals surface area contributed by atoms with Gasteiger partial charge in [-0.05, 0) is 13.1 Å². The summed E-state index contributed by atoms with van der Waals surface area (Å²) >= 11 is 0. The third kappa shape index (κ3) is 2.96. The molecule has 1 saturated heterocycles. The number of hydrogen-bond donors (Lipinski definition) is 1. The highest BCUT2D eigenvalue weighted by atomic mass is 19.2. The third-order valence-electron chi connectivity index (χ3n) is 3.04. The first-order valence-electron chi connectivity index (χ1n) is 5.81. The summed E-state index contributed by atoms with van der Waals surface area (Å²) in [5, 5.41) is 12.5. The Morgan fingerprint density at radius 1 is 1.26 bits per heavy atom. The molecule has 0 unspecified atom stereocenters. The van der Waals surface area contributed by atoms with Crippen LogP contribution in [0.4, 0.5) is 20.2 Å². The zero-order valence-electron chi connectivity index (χ0n) is 10.4. The van der Waals surface area contributed by atoms with Crippen LogP contribution in [0.5, 0.6) is 0 Å². The smallest absolute Gasteiger partial charge is 0.296 e. The minimum absolute atomic E-state index is 0.422. The van der Waals surface area contributed by atoms with Crippen molar-refractivity contribution in [3.63, 3.8) is 0 Å². The van der Waals surface area contributed by atoms with Crippen LogP contribution in [0.2, 0.25) is 0 Å². The lowest BCUT2D eigenvalue weighted by Gasteiger charge is -2.32. The molecule has 1 aromatic rings. The molecule has 1 aliphatic rings. The van der Waals surface area contributed by atoms with E-state index in [1.165, 1.54) is 0 Å². The van der Waals surface area contributed by atoms with Gasteiger partial charge in [0, 0.05) is 32.2 Å². The van der Waals surface area contributed by atoms with Crippen LogP contribution in [0.1, 0.15) is 0 Å². The SMILES string of the molecule is CN1CCN(Nc2c([N+](=O)[O-])ccc(F)c2F)CC1. The lowest BCUT2D eigenvalue weighted by atomic mass is 10.2. The van der Waals surface area contributed by atoms with E-state index in [1.54, 1.807) is 5.01 Å². The van der Waals surface area contributed by atoms with E-state index in [-0.39, 0.29) is 0 Å². The van der Waals surface area contributed by atoms with Gasteiger partial charge in [-0.15, -0.1) is 0 Å². The number of rotatable bonds is 3. The maximum Gasteiger partial charge on any atom is 0.296 e. The monoisotopic (exact) mass is 272 g/mol. The molecule has 0 bridgehead atoms. The zero-order valence-corrected chi connectivity index (χ0v) is 10.4. The molecule has 0 atom stereocenters. The van der Waals surface area contributed by atoms with Crippen molar-refractivity contribution in [1.29, 1.82) is 0 Å². The van der Waals surface area contributed by atoms with Gasteiger partial charge in [-0.2, -0.15) is 0 Å². The van der Waals surface area contributed by atoms with E-state index in [4.69, 9.17) is 0 Å². The Balaban J connectivity index is 2.23. The molecule has 1 fully saturated rings. The lowest BCUT2D eigenvalue weighted by Crippen LogP contribution is -2.47. The average molecular weight is 272 g/mol. The number of nitrogens with one attached hydrogen (secondary N) is 1. The van der Waals surface area contributed by atoms with Gasteiger partial charge in [-0.25, -0.2) is 13.8 Å². The maximum atomic E-state index is 13.7. The Labute approximate surface area is 108 Å². The quantitative estimate of drug-likeness (QED) is 0.666. The van der Waals surface area contributed by atoms with Crippen molar-refractivity contribution in [2.75, 3.05) is 38.7 Å². The molecule has 104 valence electrons. The predicted octanol–water partition coefficient (Wildman–Crippen LogP) is 1.45. The van der Waals surface area contributed by atoms with E-state index < -0.39 is 27.9 Å². The fourth-order valence-corrected chi connectivity index (χ4v) is 1.88. The third-order valence-corrected chi connectivity index (χ3v) is 3.04. The van der Waals surface area contributed by atoms with Gasteiger partial charge in [0.25, 0.3) is 5.69 Å². The highest BCUT2D eigenvalue weighted by Gasteiger charge is 2.24. The van der Waals surface area contributed by atoms with Gasteiger partial charge in [0.05, 0.1) is 4.92 Å². The van der Waals surface area contributed by atoms with Crippen LogP contribution in [0.15, 0.2) is 12.1 Å². The second kappa shape index (κ2) is 5.45. The summed E-state index contributed by atoms with van der Waals surface area (Å²) < 4.78 is 26.8. The predicted molar refractivity (Wildman–Crippen MR) is 65.7 cm³/mol. The number of piperazine rings is 1. The van der Waals surface area contributed by atoms with E-state index in [2.05, 4.69) is 10.3 Å². The molecule has 0 radical (unpaired) electrons. The van der Waals surface area contributed by atoms with Crippen molar-refractivity contribution in [1.82, 2.24) is 9.91 Å². The summed E-state index contributed by atoms with van der Waals surface area (Å²) in [6.45, 7) is 2.64. The molecule has 0 spiro atoms. The molecule has 0 aliphatic carbocycles. The molecule has 1 N–H and O–H groups in total. The minimum Gasteiger partial charge on any atom is -0.310 e. The topological polar surface area (TPSA) is 61.6 Å². The summed E-state index contributed by atoms with van der Waals surface area (Å²) in [5.74, 6) is -2.34. The largest absolute Gasteiger partial charge is 0.310 e. The lowest BCUT2D eigenvalue weighted by molar-refractivity contribution is -0.384. The van der Waals surface area contributed by atoms with Crippen molar-refractivity contribution >= 4 is 11.4 Å². The molecule has 1 heterocycles. The summed E-state index contributed by atoms with van der Waals surface area (Å²) in [5.41, 5.74) is 1.71. The molecule has 0 amide bonds. The minimum atomic E-state index is -1.23. The fraction of sp³-hybridized carbons (Fsp3) is 0.455. The maximum absolute atomic E-state index is 13.7. The molecule has 1 aromatic carbocycles. The van der Waals surface area contributed by atoms with Crippen LogP contribution in [0.3, 0.4) is 0 Å². The van der Waals surface area contributed by atoms with E-state index in [0.29, 0.717) is 13.1 Å². The summed E-state index contributed by atoms with van der Waals surface area (Å²) in [4.78, 5) is 12.2. The molecule has 0 saturated carbocycles. The van der Waals surface area contributed by atoms with E-state index in [1.807, 2.05) is 7.05 Å². The first-order chi connectivity index (χ1) is 8.99. The van der Waals surface area contributed by atoms with Gasteiger partial charge in [0.1, 0.15) is 0 Å². The van der Waals surface area contributed by atoms with E-state index >= 15 is 0 Å². The number of benzene rings is 1. The highest BCUT2D eigenvalue weighted by molar-refractivity contribution is 5.62. The molecular weight excluding hydrogens is 258 g/mol. The van der Waals surface area contributed by atoms with Crippen molar-refractivity contribution in [2.24, 2.45) is 0 Å². The molecule has 6 nitrogen and oxygen atoms in total. The van der Waals surface area contributed by atoms with Crippen LogP contribution < -0.4 is 5.43 Å². The van der Waals surface area contributed by atoms with Crippen LogP contribution in [0.25, 0.3) is 0 Å². The number of likely N-dealkylation sites (N-methyl/N-ethyl adjacent to an activating group) is 1. The van der Waals surface area contributed by atoms with Crippen LogP contribution in [0, 0.1) is 21.7 Å². The molecular formula is C11H14F2N4O2. The Kier molecular flexibility index (Phi) is 3.91. The molecule has 19 heavy (non-hydrogen) atoms. The number of halogens is 2. The molecule has 8 heteroatoms. The number of hydrazine groups is 1. The van der Waals surface area contributed by atoms with Crippen LogP contribution >= 0.6 is 0 Å². The summed E-state index contributed by atoms with van der Waals surface area (Å²) in [7, 11) is 1.95. The van der Waals surface area contributed by atoms with Gasteiger partial charge in [0.2, 0.25) is 0 Å². The number of nitro groups is 1. The Morgan fingerprint density at radius 3 is 2.47 bits per heavy atom. The van der Waals surface area contributed by atoms with Crippen LogP contribution in [-0.4, -0.2) is 48.1 Å². The number of nitro benzene ring substituents is 1. The van der Waals surface area contributed by atoms with Crippen LogP contribution in [-0.2, 0) is 0 Å². The van der Waals surface area contributed by atoms with E-state index in [0.717, 1.165) is 25.2 Å². The second-order valence-electron chi connectivity index (χ2n) is 4.41. The number of nitrogens with zero attached hydrogens (tertiary/aromatic N) is 3. The fourth-order valence-electron chi connectivity index (χ4n) is 1.88. The Bertz CT molecular complexity index is 490. The zero-order chi connectivity index (χ0) is 14.0. The van der Waals surface area contributed by atoms with Gasteiger partial charge in [0.15, 0.2) is 17.3 Å². The first kappa shape index (κ1) is 13.6. The molecule has 1 aliphatic heterocycles. The molecule has 0 aromatic heterocycles. The summed E-state index contributed by atoms with van der Waals surface area (Å²) in [6, 6.07) is 1.71. The van der Waals surface area contributed by atoms with Gasteiger partial charge in [-0.1, -0.05) is 0 Å². The highest BCUT2D eigenvalue weighted by Crippen LogP contribution is 2.29. The Hall–Kier alpha value is -1.80. The summed E-state index contributed by atoms with van der Waals surface area (Å²) in [6.07, 6.45) is 0. The number of hydrogen-bond acceptors (Lipinski definition) is 5. The van der Waals surface area contributed by atoms with E-state index in [9.17, 15) is 18.9 Å². The van der Waals surface area contributed by atoms with Crippen molar-refractivity contribution < 1.29 is 13.7 Å².